The van der Waals surface area contributed by atoms with E-state index in [-0.39, 0.29) is 0 Å². The molecule has 0 N–H and O–H groups in total. The fraction of sp³-hybridized carbons (Fsp3) is 1.00. The van der Waals surface area contributed by atoms with Gasteiger partial charge in [0.25, 0.3) is 0 Å². The molecule has 2 atom stereocenters. The van der Waals surface area contributed by atoms with Crippen LogP contribution in [-0.2, 0) is 0 Å². The van der Waals surface area contributed by atoms with Crippen molar-refractivity contribution in [3.8, 4) is 0 Å². The van der Waals surface area contributed by atoms with Crippen molar-refractivity contribution < 1.29 is 0 Å². The number of piperidine rings is 1. The van der Waals surface area contributed by atoms with Crippen molar-refractivity contribution in [2.24, 2.45) is 11.3 Å². The molecule has 0 saturated carbocycles. The van der Waals surface area contributed by atoms with Crippen molar-refractivity contribution in [2.75, 3.05) is 39.5 Å². The van der Waals surface area contributed by atoms with E-state index in [1.54, 1.807) is 0 Å². The third-order valence-corrected chi connectivity index (χ3v) is 4.58. The lowest BCUT2D eigenvalue weighted by Gasteiger charge is -2.40. The molecular weight excluding hydrogens is 228 g/mol. The van der Waals surface area contributed by atoms with Gasteiger partial charge < -0.3 is 9.80 Å². The zero-order chi connectivity index (χ0) is 13.1. The third kappa shape index (κ3) is 4.80. The third-order valence-electron chi connectivity index (χ3n) is 4.13. The summed E-state index contributed by atoms with van der Waals surface area (Å²) in [6.07, 6.45) is 2.69. The Balaban J connectivity index is 2.50. The van der Waals surface area contributed by atoms with E-state index in [0.717, 1.165) is 11.8 Å². The Kier molecular flexibility index (Phi) is 5.81. The molecule has 0 aliphatic carbocycles. The predicted molar refractivity (Wildman–Crippen MR) is 79.9 cm³/mol. The first-order valence-electron chi connectivity index (χ1n) is 6.84. The lowest BCUT2D eigenvalue weighted by molar-refractivity contribution is 0.0971. The number of hydrogen-bond donors (Lipinski definition) is 1. The van der Waals surface area contributed by atoms with Gasteiger partial charge in [-0.1, -0.05) is 20.8 Å². The molecule has 0 aromatic heterocycles. The van der Waals surface area contributed by atoms with E-state index in [1.165, 1.54) is 32.5 Å². The summed E-state index contributed by atoms with van der Waals surface area (Å²) in [5.41, 5.74) is 0.368. The number of thiol groups is 1. The molecule has 1 rings (SSSR count). The monoisotopic (exact) mass is 258 g/mol. The second kappa shape index (κ2) is 6.44. The molecule has 1 heterocycles. The largest absolute Gasteiger partial charge is 0.305 e. The van der Waals surface area contributed by atoms with Crippen molar-refractivity contribution in [1.82, 2.24) is 9.80 Å². The maximum absolute atomic E-state index is 4.53. The number of nitrogens with zero attached hydrogens (tertiary/aromatic N) is 2. The molecule has 1 fully saturated rings. The summed E-state index contributed by atoms with van der Waals surface area (Å²) in [5, 5.41) is 0. The number of hydrogen-bond acceptors (Lipinski definition) is 3. The highest BCUT2D eigenvalue weighted by molar-refractivity contribution is 7.80. The van der Waals surface area contributed by atoms with Gasteiger partial charge >= 0.3 is 0 Å². The maximum Gasteiger partial charge on any atom is 0.0217 e. The fourth-order valence-corrected chi connectivity index (χ4v) is 3.20. The standard InChI is InChI=1S/C14H30N2S/c1-14(2,3)12(11-17)9-16-8-6-7-13(10-16)15(4)5/h12-13,17H,6-11H2,1-5H3. The minimum atomic E-state index is 0.368. The van der Waals surface area contributed by atoms with E-state index in [1.807, 2.05) is 0 Å². The van der Waals surface area contributed by atoms with Gasteiger partial charge in [-0.15, -0.1) is 0 Å². The first kappa shape index (κ1) is 15.3. The van der Waals surface area contributed by atoms with Crippen LogP contribution in [0.5, 0.6) is 0 Å². The van der Waals surface area contributed by atoms with E-state index in [4.69, 9.17) is 0 Å². The van der Waals surface area contributed by atoms with Crippen molar-refractivity contribution >= 4 is 12.6 Å². The molecule has 0 bridgehead atoms. The molecule has 0 spiro atoms. The zero-order valence-corrected chi connectivity index (χ0v) is 13.1. The molecule has 1 saturated heterocycles. The highest BCUT2D eigenvalue weighted by atomic mass is 32.1. The van der Waals surface area contributed by atoms with E-state index in [9.17, 15) is 0 Å². The molecular formula is C14H30N2S. The minimum Gasteiger partial charge on any atom is -0.305 e. The summed E-state index contributed by atoms with van der Waals surface area (Å²) in [5.74, 6) is 1.68. The minimum absolute atomic E-state index is 0.368. The molecule has 0 aromatic carbocycles. The molecule has 1 aliphatic heterocycles. The Morgan fingerprint density at radius 1 is 1.35 bits per heavy atom. The van der Waals surface area contributed by atoms with Gasteiger partial charge in [-0.2, -0.15) is 12.6 Å². The Morgan fingerprint density at radius 2 is 2.00 bits per heavy atom. The summed E-state index contributed by atoms with van der Waals surface area (Å²) in [7, 11) is 4.40. The summed E-state index contributed by atoms with van der Waals surface area (Å²) in [6.45, 7) is 10.7. The van der Waals surface area contributed by atoms with Gasteiger partial charge in [0.1, 0.15) is 0 Å². The second-order valence-corrected chi connectivity index (χ2v) is 7.13. The smallest absolute Gasteiger partial charge is 0.0217 e. The van der Waals surface area contributed by atoms with E-state index in [2.05, 4.69) is 57.3 Å². The fourth-order valence-electron chi connectivity index (χ4n) is 2.54. The van der Waals surface area contributed by atoms with Crippen LogP contribution in [0.25, 0.3) is 0 Å². The van der Waals surface area contributed by atoms with Gasteiger partial charge in [0.05, 0.1) is 0 Å². The van der Waals surface area contributed by atoms with Gasteiger partial charge in [0, 0.05) is 19.1 Å². The Bertz CT molecular complexity index is 223. The molecule has 17 heavy (non-hydrogen) atoms. The van der Waals surface area contributed by atoms with Crippen molar-refractivity contribution in [1.29, 1.82) is 0 Å². The number of likely N-dealkylation sites (N-methyl/N-ethyl adjacent to an activating group) is 1. The average molecular weight is 258 g/mol. The maximum atomic E-state index is 4.53. The van der Waals surface area contributed by atoms with E-state index < -0.39 is 0 Å². The van der Waals surface area contributed by atoms with Crippen molar-refractivity contribution in [3.63, 3.8) is 0 Å². The molecule has 3 heteroatoms. The van der Waals surface area contributed by atoms with Crippen molar-refractivity contribution in [3.05, 3.63) is 0 Å². The van der Waals surface area contributed by atoms with Gasteiger partial charge in [0.15, 0.2) is 0 Å². The van der Waals surface area contributed by atoms with E-state index >= 15 is 0 Å². The summed E-state index contributed by atoms with van der Waals surface area (Å²) < 4.78 is 0. The first-order valence-corrected chi connectivity index (χ1v) is 7.47. The van der Waals surface area contributed by atoms with Crippen LogP contribution < -0.4 is 0 Å². The van der Waals surface area contributed by atoms with Crippen LogP contribution in [0.15, 0.2) is 0 Å². The van der Waals surface area contributed by atoms with Crippen LogP contribution >= 0.6 is 12.6 Å². The molecule has 2 nitrogen and oxygen atoms in total. The van der Waals surface area contributed by atoms with Crippen LogP contribution in [0.4, 0.5) is 0 Å². The van der Waals surface area contributed by atoms with Crippen LogP contribution in [-0.4, -0.2) is 55.3 Å². The topological polar surface area (TPSA) is 6.48 Å². The molecule has 0 amide bonds. The molecule has 2 unspecified atom stereocenters. The highest BCUT2D eigenvalue weighted by Crippen LogP contribution is 2.28. The molecule has 102 valence electrons. The lowest BCUT2D eigenvalue weighted by atomic mass is 9.81. The van der Waals surface area contributed by atoms with E-state index in [0.29, 0.717) is 11.3 Å². The summed E-state index contributed by atoms with van der Waals surface area (Å²) in [6, 6.07) is 0.740. The Labute approximate surface area is 113 Å². The Hall–Kier alpha value is 0.270. The van der Waals surface area contributed by atoms with Gasteiger partial charge in [-0.05, 0) is 50.6 Å². The first-order chi connectivity index (χ1) is 7.84. The van der Waals surface area contributed by atoms with Crippen LogP contribution in [0.2, 0.25) is 0 Å². The average Bonchev–Trinajstić information content (AvgIpc) is 2.24. The lowest BCUT2D eigenvalue weighted by Crippen LogP contribution is -2.48. The molecule has 0 aromatic rings. The second-order valence-electron chi connectivity index (χ2n) is 6.76. The van der Waals surface area contributed by atoms with Gasteiger partial charge in [-0.25, -0.2) is 0 Å². The summed E-state index contributed by atoms with van der Waals surface area (Å²) >= 11 is 4.53. The highest BCUT2D eigenvalue weighted by Gasteiger charge is 2.28. The Morgan fingerprint density at radius 3 is 2.47 bits per heavy atom. The van der Waals surface area contributed by atoms with Gasteiger partial charge in [-0.3, -0.25) is 0 Å². The summed E-state index contributed by atoms with van der Waals surface area (Å²) in [4.78, 5) is 5.01. The van der Waals surface area contributed by atoms with Crippen molar-refractivity contribution in [2.45, 2.75) is 39.7 Å². The van der Waals surface area contributed by atoms with Crippen LogP contribution in [0.3, 0.4) is 0 Å². The van der Waals surface area contributed by atoms with Crippen LogP contribution in [0, 0.1) is 11.3 Å². The SMILES string of the molecule is CN(C)C1CCCN(CC(CS)C(C)(C)C)C1. The number of likely N-dealkylation sites (tertiary alicyclic amines) is 1. The quantitative estimate of drug-likeness (QED) is 0.775. The normalized spacial score (nSPS) is 25.2. The molecule has 1 aliphatic rings. The predicted octanol–water partition coefficient (Wildman–Crippen LogP) is 2.60. The molecule has 0 radical (unpaired) electrons. The van der Waals surface area contributed by atoms with Gasteiger partial charge in [0.2, 0.25) is 0 Å². The zero-order valence-electron chi connectivity index (χ0n) is 12.2. The van der Waals surface area contributed by atoms with Crippen LogP contribution in [0.1, 0.15) is 33.6 Å². The number of rotatable bonds is 4.